The van der Waals surface area contributed by atoms with Gasteiger partial charge in [-0.15, -0.1) is 0 Å². The molecule has 3 atom stereocenters. The lowest BCUT2D eigenvalue weighted by atomic mass is 9.87. The molecule has 5 rings (SSSR count). The van der Waals surface area contributed by atoms with Crippen molar-refractivity contribution in [3.8, 4) is 5.75 Å². The largest absolute Gasteiger partial charge is 0.494 e. The van der Waals surface area contributed by atoms with Gasteiger partial charge in [-0.3, -0.25) is 0 Å². The topological polar surface area (TPSA) is 79.2 Å². The Morgan fingerprint density at radius 2 is 1.67 bits per heavy atom. The quantitative estimate of drug-likeness (QED) is 0.223. The number of ether oxygens (including phenoxy) is 2. The molecular formula is C33H35NO5. The molecule has 0 bridgehead atoms. The molecule has 6 heteroatoms. The van der Waals surface area contributed by atoms with Gasteiger partial charge >= 0.3 is 6.09 Å². The minimum atomic E-state index is -0.908. The van der Waals surface area contributed by atoms with Crippen LogP contribution < -0.4 is 4.74 Å². The van der Waals surface area contributed by atoms with E-state index in [0.29, 0.717) is 39.1 Å². The van der Waals surface area contributed by atoms with Gasteiger partial charge in [-0.05, 0) is 64.9 Å². The summed E-state index contributed by atoms with van der Waals surface area (Å²) < 4.78 is 12.3. The first kappa shape index (κ1) is 26.7. The molecule has 1 saturated heterocycles. The molecule has 0 spiro atoms. The van der Waals surface area contributed by atoms with Crippen molar-refractivity contribution in [2.24, 2.45) is 0 Å². The summed E-state index contributed by atoms with van der Waals surface area (Å²) in [6.45, 7) is 1.78. The van der Waals surface area contributed by atoms with E-state index < -0.39 is 12.2 Å². The van der Waals surface area contributed by atoms with Crippen molar-refractivity contribution in [2.75, 3.05) is 19.7 Å². The molecule has 0 aromatic heterocycles. The minimum absolute atomic E-state index is 0.0936. The second-order valence-electron chi connectivity index (χ2n) is 10.1. The Morgan fingerprint density at radius 1 is 0.923 bits per heavy atom. The standard InChI is InChI=1S/C33H35NO5/c35-31(27-8-2-1-3-9-27)11-6-20-38-29-16-14-26(15-17-29)30-18-19-34(33(36)37)22-32(30)39-23-24-12-13-25-7-4-5-10-28(25)21-24/h1-5,7-10,12-17,21,30-32,35H,6,11,18-20,22-23H2,(H,36,37). The van der Waals surface area contributed by atoms with Gasteiger partial charge < -0.3 is 24.6 Å². The van der Waals surface area contributed by atoms with Gasteiger partial charge in [0.05, 0.1) is 32.0 Å². The third kappa shape index (κ3) is 6.96. The van der Waals surface area contributed by atoms with Crippen molar-refractivity contribution in [1.29, 1.82) is 0 Å². The Bertz CT molecular complexity index is 1360. The van der Waals surface area contributed by atoms with Crippen LogP contribution >= 0.6 is 0 Å². The van der Waals surface area contributed by atoms with Gasteiger partial charge in [-0.25, -0.2) is 4.79 Å². The maximum atomic E-state index is 11.7. The molecular weight excluding hydrogens is 490 g/mol. The Labute approximate surface area is 229 Å². The number of hydrogen-bond acceptors (Lipinski definition) is 4. The van der Waals surface area contributed by atoms with E-state index in [2.05, 4.69) is 42.5 Å². The van der Waals surface area contributed by atoms with Crippen LogP contribution in [0.4, 0.5) is 4.79 Å². The Hall–Kier alpha value is -3.87. The lowest BCUT2D eigenvalue weighted by Crippen LogP contribution is -2.46. The molecule has 6 nitrogen and oxygen atoms in total. The fourth-order valence-corrected chi connectivity index (χ4v) is 5.29. The molecule has 1 heterocycles. The maximum absolute atomic E-state index is 11.7. The van der Waals surface area contributed by atoms with Crippen LogP contribution in [0, 0.1) is 0 Å². The zero-order chi connectivity index (χ0) is 27.0. The molecule has 0 aliphatic carbocycles. The number of hydrogen-bond donors (Lipinski definition) is 2. The fourth-order valence-electron chi connectivity index (χ4n) is 5.29. The molecule has 1 amide bonds. The summed E-state index contributed by atoms with van der Waals surface area (Å²) >= 11 is 0. The predicted octanol–water partition coefficient (Wildman–Crippen LogP) is 6.79. The number of nitrogens with zero attached hydrogens (tertiary/aromatic N) is 1. The summed E-state index contributed by atoms with van der Waals surface area (Å²) in [5.74, 6) is 0.876. The van der Waals surface area contributed by atoms with Crippen LogP contribution in [-0.4, -0.2) is 47.0 Å². The second kappa shape index (κ2) is 12.8. The number of aliphatic hydroxyl groups is 1. The van der Waals surface area contributed by atoms with Gasteiger partial charge in [0.1, 0.15) is 5.75 Å². The number of benzene rings is 4. The molecule has 3 unspecified atom stereocenters. The van der Waals surface area contributed by atoms with Crippen LogP contribution in [-0.2, 0) is 11.3 Å². The van der Waals surface area contributed by atoms with E-state index in [-0.39, 0.29) is 12.0 Å². The molecule has 1 aliphatic rings. The van der Waals surface area contributed by atoms with Crippen LogP contribution in [0.1, 0.15) is 48.0 Å². The molecule has 1 aliphatic heterocycles. The van der Waals surface area contributed by atoms with Crippen molar-refractivity contribution >= 4 is 16.9 Å². The molecule has 1 fully saturated rings. The van der Waals surface area contributed by atoms with Gasteiger partial charge in [0.15, 0.2) is 0 Å². The highest BCUT2D eigenvalue weighted by atomic mass is 16.5. The van der Waals surface area contributed by atoms with E-state index in [4.69, 9.17) is 9.47 Å². The number of likely N-dealkylation sites (tertiary alicyclic amines) is 1. The van der Waals surface area contributed by atoms with Gasteiger partial charge in [0.2, 0.25) is 0 Å². The van der Waals surface area contributed by atoms with Crippen molar-refractivity contribution in [3.63, 3.8) is 0 Å². The lowest BCUT2D eigenvalue weighted by molar-refractivity contribution is -0.0199. The monoisotopic (exact) mass is 525 g/mol. The summed E-state index contributed by atoms with van der Waals surface area (Å²) in [5, 5.41) is 22.3. The number of carbonyl (C=O) groups is 1. The van der Waals surface area contributed by atoms with Crippen molar-refractivity contribution in [2.45, 2.75) is 44.0 Å². The molecule has 202 valence electrons. The first-order valence-electron chi connectivity index (χ1n) is 13.6. The number of carboxylic acid groups (broad SMARTS) is 1. The molecule has 0 saturated carbocycles. The smallest absolute Gasteiger partial charge is 0.407 e. The van der Waals surface area contributed by atoms with E-state index in [1.165, 1.54) is 10.3 Å². The van der Waals surface area contributed by atoms with E-state index >= 15 is 0 Å². The first-order chi connectivity index (χ1) is 19.1. The molecule has 4 aromatic carbocycles. The summed E-state index contributed by atoms with van der Waals surface area (Å²) in [4.78, 5) is 13.1. The highest BCUT2D eigenvalue weighted by Gasteiger charge is 2.33. The summed E-state index contributed by atoms with van der Waals surface area (Å²) in [6, 6.07) is 32.2. The second-order valence-corrected chi connectivity index (χ2v) is 10.1. The van der Waals surface area contributed by atoms with Crippen LogP contribution in [0.2, 0.25) is 0 Å². The summed E-state index contributed by atoms with van der Waals surface area (Å²) in [7, 11) is 0. The summed E-state index contributed by atoms with van der Waals surface area (Å²) in [6.07, 6.45) is 0.449. The SMILES string of the molecule is O=C(O)N1CCC(c2ccc(OCCCC(O)c3ccccc3)cc2)C(OCc2ccc3ccccc3c2)C1. The van der Waals surface area contributed by atoms with Crippen LogP contribution in [0.25, 0.3) is 10.8 Å². The maximum Gasteiger partial charge on any atom is 0.407 e. The first-order valence-corrected chi connectivity index (χ1v) is 13.6. The number of aliphatic hydroxyl groups excluding tert-OH is 1. The van der Waals surface area contributed by atoms with Crippen molar-refractivity contribution < 1.29 is 24.5 Å². The van der Waals surface area contributed by atoms with Gasteiger partial charge in [-0.2, -0.15) is 0 Å². The molecule has 39 heavy (non-hydrogen) atoms. The van der Waals surface area contributed by atoms with Gasteiger partial charge in [-0.1, -0.05) is 78.9 Å². The lowest BCUT2D eigenvalue weighted by Gasteiger charge is -2.37. The van der Waals surface area contributed by atoms with Gasteiger partial charge in [0, 0.05) is 12.5 Å². The molecule has 2 N–H and O–H groups in total. The zero-order valence-corrected chi connectivity index (χ0v) is 22.0. The number of piperidine rings is 1. The van der Waals surface area contributed by atoms with E-state index in [1.54, 1.807) is 0 Å². The van der Waals surface area contributed by atoms with Crippen molar-refractivity contribution in [3.05, 3.63) is 114 Å². The van der Waals surface area contributed by atoms with E-state index in [1.807, 2.05) is 54.6 Å². The van der Waals surface area contributed by atoms with Crippen LogP contribution in [0.3, 0.4) is 0 Å². The van der Waals surface area contributed by atoms with Crippen LogP contribution in [0.5, 0.6) is 5.75 Å². The third-order valence-electron chi connectivity index (χ3n) is 7.49. The number of rotatable bonds is 10. The Kier molecular flexibility index (Phi) is 8.76. The third-order valence-corrected chi connectivity index (χ3v) is 7.49. The number of fused-ring (bicyclic) bond motifs is 1. The predicted molar refractivity (Wildman–Crippen MR) is 152 cm³/mol. The Balaban J connectivity index is 1.18. The number of amides is 1. The highest BCUT2D eigenvalue weighted by Crippen LogP contribution is 2.32. The highest BCUT2D eigenvalue weighted by molar-refractivity contribution is 5.82. The van der Waals surface area contributed by atoms with Crippen LogP contribution in [0.15, 0.2) is 97.1 Å². The average Bonchev–Trinajstić information content (AvgIpc) is 2.98. The van der Waals surface area contributed by atoms with E-state index in [9.17, 15) is 15.0 Å². The summed E-state index contributed by atoms with van der Waals surface area (Å²) in [5.41, 5.74) is 3.12. The fraction of sp³-hybridized carbons (Fsp3) is 0.303. The Morgan fingerprint density at radius 3 is 2.44 bits per heavy atom. The van der Waals surface area contributed by atoms with E-state index in [0.717, 1.165) is 34.2 Å². The van der Waals surface area contributed by atoms with Gasteiger partial charge in [0.25, 0.3) is 0 Å². The van der Waals surface area contributed by atoms with Crippen molar-refractivity contribution in [1.82, 2.24) is 4.90 Å². The normalized spacial score (nSPS) is 18.1. The average molecular weight is 526 g/mol. The zero-order valence-electron chi connectivity index (χ0n) is 22.0. The molecule has 0 radical (unpaired) electrons. The molecule has 4 aromatic rings. The minimum Gasteiger partial charge on any atom is -0.494 e.